The molecule has 1 aromatic carbocycles. The van der Waals surface area contributed by atoms with Gasteiger partial charge in [0.25, 0.3) is 5.56 Å². The van der Waals surface area contributed by atoms with Crippen molar-refractivity contribution >= 4 is 11.6 Å². The van der Waals surface area contributed by atoms with Crippen LogP contribution in [-0.2, 0) is 6.54 Å². The van der Waals surface area contributed by atoms with E-state index in [4.69, 9.17) is 21.1 Å². The Kier molecular flexibility index (Phi) is 5.07. The molecule has 1 heterocycles. The SMILES string of the molecule is COc1cccn(CCCOc2ccc(Cl)cc2)c1=O. The minimum atomic E-state index is -0.124. The maximum Gasteiger partial charge on any atom is 0.292 e. The number of nitrogens with zero attached hydrogens (tertiary/aromatic N) is 1. The third-order valence-corrected chi connectivity index (χ3v) is 3.08. The van der Waals surface area contributed by atoms with Gasteiger partial charge < -0.3 is 14.0 Å². The summed E-state index contributed by atoms with van der Waals surface area (Å²) in [6.07, 6.45) is 2.48. The molecule has 0 atom stereocenters. The first kappa shape index (κ1) is 14.5. The zero-order chi connectivity index (χ0) is 14.4. The van der Waals surface area contributed by atoms with Gasteiger partial charge >= 0.3 is 0 Å². The summed E-state index contributed by atoms with van der Waals surface area (Å²) in [5, 5.41) is 0.681. The Morgan fingerprint density at radius 3 is 2.65 bits per heavy atom. The molecule has 2 rings (SSSR count). The number of aryl methyl sites for hydroxylation is 1. The molecule has 0 aliphatic rings. The quantitative estimate of drug-likeness (QED) is 0.769. The summed E-state index contributed by atoms with van der Waals surface area (Å²) >= 11 is 5.79. The van der Waals surface area contributed by atoms with E-state index in [1.807, 2.05) is 12.1 Å². The van der Waals surface area contributed by atoms with Crippen molar-refractivity contribution in [1.82, 2.24) is 4.57 Å². The van der Waals surface area contributed by atoms with Gasteiger partial charge in [0.2, 0.25) is 0 Å². The van der Waals surface area contributed by atoms with Crippen LogP contribution < -0.4 is 15.0 Å². The Labute approximate surface area is 122 Å². The summed E-state index contributed by atoms with van der Waals surface area (Å²) in [4.78, 5) is 11.9. The maximum atomic E-state index is 11.9. The molecule has 0 amide bonds. The average Bonchev–Trinajstić information content (AvgIpc) is 2.47. The van der Waals surface area contributed by atoms with Crippen LogP contribution in [0, 0.1) is 0 Å². The number of hydrogen-bond donors (Lipinski definition) is 0. The van der Waals surface area contributed by atoms with E-state index in [1.165, 1.54) is 7.11 Å². The Bertz CT molecular complexity index is 607. The molecule has 0 N–H and O–H groups in total. The molecular formula is C15H16ClNO3. The first-order chi connectivity index (χ1) is 9.70. The van der Waals surface area contributed by atoms with Crippen molar-refractivity contribution in [3.05, 3.63) is 58.0 Å². The molecule has 0 unspecified atom stereocenters. The van der Waals surface area contributed by atoms with Crippen molar-refractivity contribution in [3.63, 3.8) is 0 Å². The second kappa shape index (κ2) is 7.01. The van der Waals surface area contributed by atoms with Gasteiger partial charge in [-0.3, -0.25) is 4.79 Å². The van der Waals surface area contributed by atoms with Gasteiger partial charge in [-0.05, 0) is 42.8 Å². The van der Waals surface area contributed by atoms with Crippen molar-refractivity contribution in [1.29, 1.82) is 0 Å². The highest BCUT2D eigenvalue weighted by Gasteiger charge is 2.02. The summed E-state index contributed by atoms with van der Waals surface area (Å²) in [6, 6.07) is 10.6. The lowest BCUT2D eigenvalue weighted by molar-refractivity contribution is 0.300. The zero-order valence-electron chi connectivity index (χ0n) is 11.2. The number of halogens is 1. The van der Waals surface area contributed by atoms with Crippen LogP contribution in [0.25, 0.3) is 0 Å². The first-order valence-electron chi connectivity index (χ1n) is 6.32. The van der Waals surface area contributed by atoms with Crippen LogP contribution in [-0.4, -0.2) is 18.3 Å². The second-order valence-corrected chi connectivity index (χ2v) is 4.67. The van der Waals surface area contributed by atoms with E-state index in [0.29, 0.717) is 23.9 Å². The molecule has 0 spiro atoms. The summed E-state index contributed by atoms with van der Waals surface area (Å²) in [5.74, 6) is 1.12. The van der Waals surface area contributed by atoms with Crippen molar-refractivity contribution in [3.8, 4) is 11.5 Å². The standard InChI is InChI=1S/C15H16ClNO3/c1-19-14-4-2-9-17(15(14)18)10-3-11-20-13-7-5-12(16)6-8-13/h2,4-9H,3,10-11H2,1H3. The maximum absolute atomic E-state index is 11.9. The third-order valence-electron chi connectivity index (χ3n) is 2.83. The normalized spacial score (nSPS) is 10.3. The van der Waals surface area contributed by atoms with Crippen LogP contribution >= 0.6 is 11.6 Å². The van der Waals surface area contributed by atoms with E-state index in [0.717, 1.165) is 12.2 Å². The average molecular weight is 294 g/mol. The predicted octanol–water partition coefficient (Wildman–Crippen LogP) is 2.98. The number of pyridine rings is 1. The second-order valence-electron chi connectivity index (χ2n) is 4.23. The molecule has 0 bridgehead atoms. The van der Waals surface area contributed by atoms with Crippen LogP contribution in [0.15, 0.2) is 47.4 Å². The molecule has 0 aliphatic carbocycles. The van der Waals surface area contributed by atoms with Crippen LogP contribution in [0.4, 0.5) is 0 Å². The lowest BCUT2D eigenvalue weighted by Crippen LogP contribution is -2.21. The van der Waals surface area contributed by atoms with E-state index in [9.17, 15) is 4.79 Å². The topological polar surface area (TPSA) is 40.5 Å². The Morgan fingerprint density at radius 2 is 1.95 bits per heavy atom. The summed E-state index contributed by atoms with van der Waals surface area (Å²) in [7, 11) is 1.49. The van der Waals surface area contributed by atoms with Gasteiger partial charge in [0, 0.05) is 17.8 Å². The molecule has 0 saturated carbocycles. The Morgan fingerprint density at radius 1 is 1.20 bits per heavy atom. The van der Waals surface area contributed by atoms with Crippen molar-refractivity contribution in [2.75, 3.05) is 13.7 Å². The minimum absolute atomic E-state index is 0.124. The smallest absolute Gasteiger partial charge is 0.292 e. The van der Waals surface area contributed by atoms with E-state index in [2.05, 4.69) is 0 Å². The van der Waals surface area contributed by atoms with Gasteiger partial charge in [0.05, 0.1) is 13.7 Å². The monoisotopic (exact) mass is 293 g/mol. The molecule has 5 heteroatoms. The van der Waals surface area contributed by atoms with Gasteiger partial charge in [0.15, 0.2) is 5.75 Å². The Hall–Kier alpha value is -1.94. The van der Waals surface area contributed by atoms with E-state index >= 15 is 0 Å². The highest BCUT2D eigenvalue weighted by Crippen LogP contribution is 2.15. The molecule has 20 heavy (non-hydrogen) atoms. The molecule has 0 saturated heterocycles. The summed E-state index contributed by atoms with van der Waals surface area (Å²) in [6.45, 7) is 1.12. The van der Waals surface area contributed by atoms with Gasteiger partial charge in [-0.25, -0.2) is 0 Å². The molecule has 0 fully saturated rings. The first-order valence-corrected chi connectivity index (χ1v) is 6.70. The third kappa shape index (κ3) is 3.78. The lowest BCUT2D eigenvalue weighted by atomic mass is 10.3. The number of hydrogen-bond acceptors (Lipinski definition) is 3. The molecule has 106 valence electrons. The summed E-state index contributed by atoms with van der Waals surface area (Å²) < 4.78 is 12.2. The number of benzene rings is 1. The van der Waals surface area contributed by atoms with Gasteiger partial charge in [0.1, 0.15) is 5.75 Å². The van der Waals surface area contributed by atoms with Gasteiger partial charge in [-0.1, -0.05) is 11.6 Å². The lowest BCUT2D eigenvalue weighted by Gasteiger charge is -2.09. The molecule has 1 aromatic heterocycles. The van der Waals surface area contributed by atoms with Crippen LogP contribution in [0.5, 0.6) is 11.5 Å². The van der Waals surface area contributed by atoms with Crippen LogP contribution in [0.3, 0.4) is 0 Å². The fourth-order valence-electron chi connectivity index (χ4n) is 1.80. The highest BCUT2D eigenvalue weighted by molar-refractivity contribution is 6.30. The molecule has 0 radical (unpaired) electrons. The highest BCUT2D eigenvalue weighted by atomic mass is 35.5. The van der Waals surface area contributed by atoms with E-state index < -0.39 is 0 Å². The zero-order valence-corrected chi connectivity index (χ0v) is 12.0. The van der Waals surface area contributed by atoms with E-state index in [-0.39, 0.29) is 5.56 Å². The van der Waals surface area contributed by atoms with Gasteiger partial charge in [-0.2, -0.15) is 0 Å². The van der Waals surface area contributed by atoms with Crippen molar-refractivity contribution < 1.29 is 9.47 Å². The van der Waals surface area contributed by atoms with Crippen molar-refractivity contribution in [2.24, 2.45) is 0 Å². The van der Waals surface area contributed by atoms with E-state index in [1.54, 1.807) is 35.0 Å². The van der Waals surface area contributed by atoms with Crippen LogP contribution in [0.1, 0.15) is 6.42 Å². The molecule has 2 aromatic rings. The van der Waals surface area contributed by atoms with Crippen molar-refractivity contribution in [2.45, 2.75) is 13.0 Å². The number of rotatable bonds is 6. The number of methoxy groups -OCH3 is 1. The number of ether oxygens (including phenoxy) is 2. The Balaban J connectivity index is 1.84. The van der Waals surface area contributed by atoms with Gasteiger partial charge in [-0.15, -0.1) is 0 Å². The largest absolute Gasteiger partial charge is 0.494 e. The summed E-state index contributed by atoms with van der Waals surface area (Å²) in [5.41, 5.74) is -0.124. The molecule has 0 aliphatic heterocycles. The van der Waals surface area contributed by atoms with Crippen LogP contribution in [0.2, 0.25) is 5.02 Å². The fourth-order valence-corrected chi connectivity index (χ4v) is 1.93. The molecule has 4 nitrogen and oxygen atoms in total. The minimum Gasteiger partial charge on any atom is -0.494 e. The fraction of sp³-hybridized carbons (Fsp3) is 0.267. The molecular weight excluding hydrogens is 278 g/mol. The predicted molar refractivity (Wildman–Crippen MR) is 78.8 cm³/mol. The number of aromatic nitrogens is 1.